The monoisotopic (exact) mass is 226 g/mol. The van der Waals surface area contributed by atoms with Gasteiger partial charge >= 0.3 is 0 Å². The quantitative estimate of drug-likeness (QED) is 0.749. The summed E-state index contributed by atoms with van der Waals surface area (Å²) in [5, 5.41) is 3.68. The molecule has 0 aromatic carbocycles. The standard InChI is InChI=1S/C14H30N2/c1-4-8-14-12-16(10-7-9-15-14)11-13(5-2)6-3/h13-15H,4-12H2,1-3H3. The third-order valence-corrected chi connectivity index (χ3v) is 3.87. The van der Waals surface area contributed by atoms with Crippen LogP contribution in [0.4, 0.5) is 0 Å². The Balaban J connectivity index is 2.38. The van der Waals surface area contributed by atoms with Gasteiger partial charge < -0.3 is 10.2 Å². The highest BCUT2D eigenvalue weighted by Crippen LogP contribution is 2.13. The van der Waals surface area contributed by atoms with Crippen molar-refractivity contribution >= 4 is 0 Å². The van der Waals surface area contributed by atoms with E-state index in [1.807, 2.05) is 0 Å². The van der Waals surface area contributed by atoms with E-state index in [0.717, 1.165) is 12.0 Å². The van der Waals surface area contributed by atoms with Gasteiger partial charge in [-0.1, -0.05) is 40.0 Å². The van der Waals surface area contributed by atoms with E-state index in [1.165, 1.54) is 58.3 Å². The molecular formula is C14H30N2. The molecule has 1 heterocycles. The van der Waals surface area contributed by atoms with Crippen LogP contribution in [0.15, 0.2) is 0 Å². The van der Waals surface area contributed by atoms with E-state index in [4.69, 9.17) is 0 Å². The highest BCUT2D eigenvalue weighted by molar-refractivity contribution is 4.77. The minimum atomic E-state index is 0.738. The number of rotatable bonds is 6. The average molecular weight is 226 g/mol. The molecule has 1 N–H and O–H groups in total. The van der Waals surface area contributed by atoms with Gasteiger partial charge in [0.15, 0.2) is 0 Å². The zero-order valence-electron chi connectivity index (χ0n) is 11.5. The first kappa shape index (κ1) is 14.0. The molecule has 0 saturated carbocycles. The van der Waals surface area contributed by atoms with Gasteiger partial charge in [-0.25, -0.2) is 0 Å². The van der Waals surface area contributed by atoms with E-state index in [1.54, 1.807) is 0 Å². The van der Waals surface area contributed by atoms with Gasteiger partial charge in [0.05, 0.1) is 0 Å². The molecule has 0 aliphatic carbocycles. The molecular weight excluding hydrogens is 196 g/mol. The van der Waals surface area contributed by atoms with Gasteiger partial charge in [0.25, 0.3) is 0 Å². The Morgan fingerprint density at radius 2 is 2.00 bits per heavy atom. The largest absolute Gasteiger partial charge is 0.313 e. The van der Waals surface area contributed by atoms with Crippen molar-refractivity contribution in [3.05, 3.63) is 0 Å². The Bertz CT molecular complexity index is 166. The Hall–Kier alpha value is -0.0800. The molecule has 1 fully saturated rings. The molecule has 1 rings (SSSR count). The van der Waals surface area contributed by atoms with Crippen LogP contribution in [-0.2, 0) is 0 Å². The first-order valence-electron chi connectivity index (χ1n) is 7.25. The van der Waals surface area contributed by atoms with Crippen LogP contribution in [0.5, 0.6) is 0 Å². The fourth-order valence-electron chi connectivity index (χ4n) is 2.70. The second kappa shape index (κ2) is 8.08. The lowest BCUT2D eigenvalue weighted by Crippen LogP contribution is -2.39. The van der Waals surface area contributed by atoms with E-state index in [0.29, 0.717) is 0 Å². The summed E-state index contributed by atoms with van der Waals surface area (Å²) in [5.74, 6) is 0.903. The number of hydrogen-bond acceptors (Lipinski definition) is 2. The van der Waals surface area contributed by atoms with Crippen molar-refractivity contribution < 1.29 is 0 Å². The lowest BCUT2D eigenvalue weighted by Gasteiger charge is -2.27. The number of hydrogen-bond donors (Lipinski definition) is 1. The summed E-state index contributed by atoms with van der Waals surface area (Å²) in [6.07, 6.45) is 6.62. The van der Waals surface area contributed by atoms with Crippen LogP contribution in [-0.4, -0.2) is 37.1 Å². The van der Waals surface area contributed by atoms with Gasteiger partial charge in [-0.2, -0.15) is 0 Å². The molecule has 1 unspecified atom stereocenters. The topological polar surface area (TPSA) is 15.3 Å². The fraction of sp³-hybridized carbons (Fsp3) is 1.00. The Labute approximate surface area is 102 Å². The lowest BCUT2D eigenvalue weighted by molar-refractivity contribution is 0.217. The first-order chi connectivity index (χ1) is 7.80. The van der Waals surface area contributed by atoms with Gasteiger partial charge in [-0.3, -0.25) is 0 Å². The SMILES string of the molecule is CCCC1CN(CC(CC)CC)CCCN1. The molecule has 1 saturated heterocycles. The third-order valence-electron chi connectivity index (χ3n) is 3.87. The summed E-state index contributed by atoms with van der Waals surface area (Å²) in [6.45, 7) is 12.0. The zero-order valence-corrected chi connectivity index (χ0v) is 11.5. The van der Waals surface area contributed by atoms with Crippen LogP contribution in [0, 0.1) is 5.92 Å². The second-order valence-electron chi connectivity index (χ2n) is 5.24. The molecule has 0 radical (unpaired) electrons. The molecule has 16 heavy (non-hydrogen) atoms. The van der Waals surface area contributed by atoms with Gasteiger partial charge in [-0.05, 0) is 31.8 Å². The highest BCUT2D eigenvalue weighted by Gasteiger charge is 2.18. The summed E-state index contributed by atoms with van der Waals surface area (Å²) in [5.41, 5.74) is 0. The molecule has 1 aliphatic heterocycles. The lowest BCUT2D eigenvalue weighted by atomic mass is 10.0. The highest BCUT2D eigenvalue weighted by atomic mass is 15.2. The minimum Gasteiger partial charge on any atom is -0.313 e. The van der Waals surface area contributed by atoms with Gasteiger partial charge in [0.1, 0.15) is 0 Å². The summed E-state index contributed by atoms with van der Waals surface area (Å²) in [4.78, 5) is 2.69. The van der Waals surface area contributed by atoms with E-state index in [9.17, 15) is 0 Å². The van der Waals surface area contributed by atoms with Crippen LogP contribution in [0.1, 0.15) is 52.9 Å². The normalized spacial score (nSPS) is 23.6. The van der Waals surface area contributed by atoms with Crippen LogP contribution >= 0.6 is 0 Å². The van der Waals surface area contributed by atoms with Crippen molar-refractivity contribution in [2.45, 2.75) is 58.9 Å². The Morgan fingerprint density at radius 1 is 1.25 bits per heavy atom. The van der Waals surface area contributed by atoms with Crippen molar-refractivity contribution in [1.29, 1.82) is 0 Å². The molecule has 0 aromatic heterocycles. The van der Waals surface area contributed by atoms with Crippen LogP contribution in [0.25, 0.3) is 0 Å². The summed E-state index contributed by atoms with van der Waals surface area (Å²) in [6, 6.07) is 0.738. The molecule has 0 spiro atoms. The van der Waals surface area contributed by atoms with Crippen molar-refractivity contribution in [1.82, 2.24) is 10.2 Å². The molecule has 0 aromatic rings. The predicted octanol–water partition coefficient (Wildman–Crippen LogP) is 2.89. The van der Waals surface area contributed by atoms with Crippen LogP contribution < -0.4 is 5.32 Å². The van der Waals surface area contributed by atoms with E-state index >= 15 is 0 Å². The number of nitrogens with one attached hydrogen (secondary N) is 1. The third kappa shape index (κ3) is 4.84. The minimum absolute atomic E-state index is 0.738. The summed E-state index contributed by atoms with van der Waals surface area (Å²) >= 11 is 0. The Morgan fingerprint density at radius 3 is 2.62 bits per heavy atom. The predicted molar refractivity (Wildman–Crippen MR) is 71.8 cm³/mol. The van der Waals surface area contributed by atoms with E-state index < -0.39 is 0 Å². The molecule has 2 nitrogen and oxygen atoms in total. The molecule has 2 heteroatoms. The average Bonchev–Trinajstić information content (AvgIpc) is 2.52. The van der Waals surface area contributed by atoms with Gasteiger partial charge in [0.2, 0.25) is 0 Å². The van der Waals surface area contributed by atoms with Crippen LogP contribution in [0.2, 0.25) is 0 Å². The molecule has 0 amide bonds. The molecule has 1 aliphatic rings. The van der Waals surface area contributed by atoms with Gasteiger partial charge in [0, 0.05) is 19.1 Å². The maximum atomic E-state index is 3.68. The fourth-order valence-corrected chi connectivity index (χ4v) is 2.70. The van der Waals surface area contributed by atoms with Crippen molar-refractivity contribution in [3.63, 3.8) is 0 Å². The maximum Gasteiger partial charge on any atom is 0.0194 e. The maximum absolute atomic E-state index is 3.68. The van der Waals surface area contributed by atoms with Gasteiger partial charge in [-0.15, -0.1) is 0 Å². The second-order valence-corrected chi connectivity index (χ2v) is 5.24. The molecule has 0 bridgehead atoms. The van der Waals surface area contributed by atoms with E-state index in [2.05, 4.69) is 31.0 Å². The molecule has 96 valence electrons. The van der Waals surface area contributed by atoms with Crippen molar-refractivity contribution in [2.24, 2.45) is 5.92 Å². The molecule has 1 atom stereocenters. The van der Waals surface area contributed by atoms with Crippen LogP contribution in [0.3, 0.4) is 0 Å². The number of nitrogens with zero attached hydrogens (tertiary/aromatic N) is 1. The van der Waals surface area contributed by atoms with Crippen molar-refractivity contribution in [3.8, 4) is 0 Å². The van der Waals surface area contributed by atoms with E-state index in [-0.39, 0.29) is 0 Å². The van der Waals surface area contributed by atoms with Crippen molar-refractivity contribution in [2.75, 3.05) is 26.2 Å². The zero-order chi connectivity index (χ0) is 11.8. The smallest absolute Gasteiger partial charge is 0.0194 e. The first-order valence-corrected chi connectivity index (χ1v) is 7.25. The summed E-state index contributed by atoms with van der Waals surface area (Å²) in [7, 11) is 0. The summed E-state index contributed by atoms with van der Waals surface area (Å²) < 4.78 is 0. The Kier molecular flexibility index (Phi) is 7.06.